The standard InChI is InChI=1S/C13H26N4O2/c1-11-3-7-17(8-4-11)6-2-5-15-13(19)10-16-12(18)9-14/h11H,2-10,14H2,1H3,(H,15,19)(H,16,18). The SMILES string of the molecule is CC1CCN(CCCNC(=O)CNC(=O)CN)CC1. The van der Waals surface area contributed by atoms with Gasteiger partial charge in [-0.2, -0.15) is 0 Å². The second kappa shape index (κ2) is 8.87. The van der Waals surface area contributed by atoms with E-state index in [1.54, 1.807) is 0 Å². The largest absolute Gasteiger partial charge is 0.355 e. The number of carbonyl (C=O) groups excluding carboxylic acids is 2. The fourth-order valence-corrected chi connectivity index (χ4v) is 2.13. The highest BCUT2D eigenvalue weighted by Crippen LogP contribution is 2.15. The molecular formula is C13H26N4O2. The van der Waals surface area contributed by atoms with E-state index in [0.717, 1.165) is 18.9 Å². The quantitative estimate of drug-likeness (QED) is 0.534. The second-order valence-corrected chi connectivity index (χ2v) is 5.21. The van der Waals surface area contributed by atoms with Crippen molar-refractivity contribution in [2.24, 2.45) is 11.7 Å². The third kappa shape index (κ3) is 7.12. The Balaban J connectivity index is 1.98. The molecule has 1 aliphatic heterocycles. The first-order valence-corrected chi connectivity index (χ1v) is 7.07. The molecule has 1 heterocycles. The Morgan fingerprint density at radius 2 is 1.89 bits per heavy atom. The first-order chi connectivity index (χ1) is 9.11. The van der Waals surface area contributed by atoms with E-state index in [2.05, 4.69) is 22.5 Å². The van der Waals surface area contributed by atoms with Crippen molar-refractivity contribution in [2.75, 3.05) is 39.3 Å². The minimum atomic E-state index is -0.308. The molecule has 0 aliphatic carbocycles. The third-order valence-corrected chi connectivity index (χ3v) is 3.48. The zero-order valence-electron chi connectivity index (χ0n) is 11.8. The highest BCUT2D eigenvalue weighted by Gasteiger charge is 2.14. The van der Waals surface area contributed by atoms with E-state index >= 15 is 0 Å². The molecule has 0 aromatic heterocycles. The summed E-state index contributed by atoms with van der Waals surface area (Å²) < 4.78 is 0. The maximum atomic E-state index is 11.4. The minimum absolute atomic E-state index is 0.0112. The van der Waals surface area contributed by atoms with E-state index in [0.29, 0.717) is 6.54 Å². The van der Waals surface area contributed by atoms with Crippen LogP contribution < -0.4 is 16.4 Å². The lowest BCUT2D eigenvalue weighted by molar-refractivity contribution is -0.125. The maximum Gasteiger partial charge on any atom is 0.239 e. The molecule has 0 aromatic rings. The van der Waals surface area contributed by atoms with Crippen molar-refractivity contribution < 1.29 is 9.59 Å². The van der Waals surface area contributed by atoms with Crippen molar-refractivity contribution in [1.82, 2.24) is 15.5 Å². The van der Waals surface area contributed by atoms with Crippen molar-refractivity contribution in [3.8, 4) is 0 Å². The summed E-state index contributed by atoms with van der Waals surface area (Å²) in [5.41, 5.74) is 5.12. The second-order valence-electron chi connectivity index (χ2n) is 5.21. The number of nitrogens with zero attached hydrogens (tertiary/aromatic N) is 1. The van der Waals surface area contributed by atoms with Crippen molar-refractivity contribution in [2.45, 2.75) is 26.2 Å². The third-order valence-electron chi connectivity index (χ3n) is 3.48. The molecule has 110 valence electrons. The average Bonchev–Trinajstić information content (AvgIpc) is 2.42. The van der Waals surface area contributed by atoms with Gasteiger partial charge in [0.15, 0.2) is 0 Å². The van der Waals surface area contributed by atoms with Crippen LogP contribution in [-0.4, -0.2) is 56.0 Å². The number of nitrogens with two attached hydrogens (primary N) is 1. The molecule has 1 aliphatic rings. The lowest BCUT2D eigenvalue weighted by Gasteiger charge is -2.30. The van der Waals surface area contributed by atoms with Gasteiger partial charge in [0, 0.05) is 6.54 Å². The molecule has 0 atom stereocenters. The molecule has 4 N–H and O–H groups in total. The summed E-state index contributed by atoms with van der Waals surface area (Å²) in [6.45, 7) is 6.25. The number of piperidine rings is 1. The fraction of sp³-hybridized carbons (Fsp3) is 0.846. The maximum absolute atomic E-state index is 11.4. The summed E-state index contributed by atoms with van der Waals surface area (Å²) in [6.07, 6.45) is 3.50. The van der Waals surface area contributed by atoms with Gasteiger partial charge in [-0.1, -0.05) is 6.92 Å². The van der Waals surface area contributed by atoms with Gasteiger partial charge in [0.1, 0.15) is 0 Å². The zero-order chi connectivity index (χ0) is 14.1. The number of carbonyl (C=O) groups is 2. The fourth-order valence-electron chi connectivity index (χ4n) is 2.13. The van der Waals surface area contributed by atoms with Crippen LogP contribution in [0.1, 0.15) is 26.2 Å². The molecule has 1 saturated heterocycles. The first kappa shape index (κ1) is 15.9. The first-order valence-electron chi connectivity index (χ1n) is 7.07. The van der Waals surface area contributed by atoms with Gasteiger partial charge in [0.2, 0.25) is 11.8 Å². The Kier molecular flexibility index (Phi) is 7.43. The van der Waals surface area contributed by atoms with Gasteiger partial charge in [-0.05, 0) is 44.8 Å². The average molecular weight is 270 g/mol. The lowest BCUT2D eigenvalue weighted by Crippen LogP contribution is -2.40. The van der Waals surface area contributed by atoms with Crippen LogP contribution in [0.2, 0.25) is 0 Å². The molecule has 0 saturated carbocycles. The van der Waals surface area contributed by atoms with Crippen LogP contribution >= 0.6 is 0 Å². The Labute approximate surface area is 115 Å². The van der Waals surface area contributed by atoms with Crippen LogP contribution in [-0.2, 0) is 9.59 Å². The summed E-state index contributed by atoms with van der Waals surface area (Å²) in [5.74, 6) is 0.383. The van der Waals surface area contributed by atoms with Gasteiger partial charge in [-0.15, -0.1) is 0 Å². The van der Waals surface area contributed by atoms with Crippen LogP contribution in [0.5, 0.6) is 0 Å². The van der Waals surface area contributed by atoms with Gasteiger partial charge >= 0.3 is 0 Å². The summed E-state index contributed by atoms with van der Waals surface area (Å²) in [7, 11) is 0. The van der Waals surface area contributed by atoms with Crippen LogP contribution in [0.4, 0.5) is 0 Å². The van der Waals surface area contributed by atoms with Gasteiger partial charge in [0.05, 0.1) is 13.1 Å². The molecule has 2 amide bonds. The predicted molar refractivity (Wildman–Crippen MR) is 74.5 cm³/mol. The molecule has 6 heteroatoms. The van der Waals surface area contributed by atoms with Crippen LogP contribution in [0.25, 0.3) is 0 Å². The number of rotatable bonds is 7. The Hall–Kier alpha value is -1.14. The smallest absolute Gasteiger partial charge is 0.239 e. The number of likely N-dealkylation sites (tertiary alicyclic amines) is 1. The van der Waals surface area contributed by atoms with Crippen LogP contribution in [0.15, 0.2) is 0 Å². The Morgan fingerprint density at radius 3 is 2.53 bits per heavy atom. The molecule has 0 aromatic carbocycles. The molecule has 6 nitrogen and oxygen atoms in total. The highest BCUT2D eigenvalue weighted by molar-refractivity contribution is 5.85. The lowest BCUT2D eigenvalue weighted by atomic mass is 9.99. The van der Waals surface area contributed by atoms with Crippen molar-refractivity contribution in [3.63, 3.8) is 0 Å². The van der Waals surface area contributed by atoms with Crippen molar-refractivity contribution >= 4 is 11.8 Å². The van der Waals surface area contributed by atoms with E-state index < -0.39 is 0 Å². The van der Waals surface area contributed by atoms with Crippen LogP contribution in [0, 0.1) is 5.92 Å². The van der Waals surface area contributed by atoms with Gasteiger partial charge in [0.25, 0.3) is 0 Å². The van der Waals surface area contributed by atoms with E-state index in [4.69, 9.17) is 5.73 Å². The monoisotopic (exact) mass is 270 g/mol. The molecule has 1 fully saturated rings. The van der Waals surface area contributed by atoms with E-state index in [-0.39, 0.29) is 24.9 Å². The molecule has 0 bridgehead atoms. The Morgan fingerprint density at radius 1 is 1.21 bits per heavy atom. The van der Waals surface area contributed by atoms with Crippen molar-refractivity contribution in [1.29, 1.82) is 0 Å². The van der Waals surface area contributed by atoms with Gasteiger partial charge < -0.3 is 21.3 Å². The molecule has 0 spiro atoms. The summed E-state index contributed by atoms with van der Waals surface area (Å²) in [6, 6.07) is 0. The molecule has 0 radical (unpaired) electrons. The molecule has 0 unspecified atom stereocenters. The number of hydrogen-bond donors (Lipinski definition) is 3. The zero-order valence-corrected chi connectivity index (χ0v) is 11.8. The van der Waals surface area contributed by atoms with Crippen LogP contribution in [0.3, 0.4) is 0 Å². The molecule has 19 heavy (non-hydrogen) atoms. The summed E-state index contributed by atoms with van der Waals surface area (Å²) in [5, 5.41) is 5.23. The topological polar surface area (TPSA) is 87.5 Å². The molecule has 1 rings (SSSR count). The number of hydrogen-bond acceptors (Lipinski definition) is 4. The van der Waals surface area contributed by atoms with Crippen molar-refractivity contribution in [3.05, 3.63) is 0 Å². The number of nitrogens with one attached hydrogen (secondary N) is 2. The Bertz CT molecular complexity index is 288. The summed E-state index contributed by atoms with van der Waals surface area (Å²) in [4.78, 5) is 24.7. The van der Waals surface area contributed by atoms with E-state index in [1.807, 2.05) is 0 Å². The minimum Gasteiger partial charge on any atom is -0.355 e. The normalized spacial score (nSPS) is 17.2. The van der Waals surface area contributed by atoms with E-state index in [1.165, 1.54) is 25.9 Å². The predicted octanol–water partition coefficient (Wildman–Crippen LogP) is -0.700. The highest BCUT2D eigenvalue weighted by atomic mass is 16.2. The van der Waals surface area contributed by atoms with E-state index in [9.17, 15) is 9.59 Å². The van der Waals surface area contributed by atoms with Gasteiger partial charge in [-0.25, -0.2) is 0 Å². The summed E-state index contributed by atoms with van der Waals surface area (Å²) >= 11 is 0. The van der Waals surface area contributed by atoms with Gasteiger partial charge in [-0.3, -0.25) is 9.59 Å². The number of amides is 2. The molecular weight excluding hydrogens is 244 g/mol.